The molecule has 2 bridgehead atoms. The van der Waals surface area contributed by atoms with Gasteiger partial charge in [-0.3, -0.25) is 4.79 Å². The molecule has 2 aliphatic carbocycles. The van der Waals surface area contributed by atoms with Gasteiger partial charge in [-0.15, -0.1) is 0 Å². The summed E-state index contributed by atoms with van der Waals surface area (Å²) in [6, 6.07) is -0.155. The molecular weight excluding hydrogens is 254 g/mol. The van der Waals surface area contributed by atoms with Crippen LogP contribution in [0.5, 0.6) is 0 Å². The van der Waals surface area contributed by atoms with Gasteiger partial charge < -0.3 is 4.74 Å². The van der Waals surface area contributed by atoms with Gasteiger partial charge in [0, 0.05) is 5.92 Å². The minimum absolute atomic E-state index is 0.0308. The normalized spacial score (nSPS) is 39.5. The number of imide groups is 1. The molecule has 5 atom stereocenters. The molecule has 0 aromatic rings. The zero-order chi connectivity index (χ0) is 14.7. The number of hydrogen-bond donors (Lipinski definition) is 0. The summed E-state index contributed by atoms with van der Waals surface area (Å²) in [5.74, 6) is 1.04. The number of carbonyl (C=O) groups excluding carboxylic acids is 2. The van der Waals surface area contributed by atoms with E-state index in [0.29, 0.717) is 24.4 Å². The SMILES string of the molecule is C[C@@H]1[C@@H](C(=O)N2C(=O)OC[C@@H]2C(C)(C)C)[C@H]2C=C[C@@H]1C2. The van der Waals surface area contributed by atoms with E-state index in [1.807, 2.05) is 20.8 Å². The molecule has 0 unspecified atom stereocenters. The Balaban J connectivity index is 1.86. The van der Waals surface area contributed by atoms with Crippen molar-refractivity contribution in [3.63, 3.8) is 0 Å². The van der Waals surface area contributed by atoms with Crippen LogP contribution in [0.4, 0.5) is 4.79 Å². The molecule has 1 saturated heterocycles. The average Bonchev–Trinajstić information content (AvgIpc) is 3.00. The Morgan fingerprint density at radius 3 is 2.50 bits per heavy atom. The van der Waals surface area contributed by atoms with E-state index in [-0.39, 0.29) is 23.3 Å². The minimum atomic E-state index is -0.464. The van der Waals surface area contributed by atoms with E-state index in [0.717, 1.165) is 6.42 Å². The van der Waals surface area contributed by atoms with Crippen molar-refractivity contribution in [3.8, 4) is 0 Å². The topological polar surface area (TPSA) is 46.6 Å². The number of ether oxygens (including phenoxy) is 1. The van der Waals surface area contributed by atoms with Gasteiger partial charge in [-0.2, -0.15) is 0 Å². The lowest BCUT2D eigenvalue weighted by molar-refractivity contribution is -0.137. The summed E-state index contributed by atoms with van der Waals surface area (Å²) in [7, 11) is 0. The van der Waals surface area contributed by atoms with Crippen LogP contribution in [0, 0.1) is 29.1 Å². The molecule has 0 radical (unpaired) electrons. The van der Waals surface area contributed by atoms with Crippen molar-refractivity contribution in [2.24, 2.45) is 29.1 Å². The summed E-state index contributed by atoms with van der Waals surface area (Å²) in [5, 5.41) is 0. The van der Waals surface area contributed by atoms with Crippen molar-refractivity contribution < 1.29 is 14.3 Å². The Bertz CT molecular complexity index is 477. The van der Waals surface area contributed by atoms with Gasteiger partial charge in [0.1, 0.15) is 6.61 Å². The van der Waals surface area contributed by atoms with Gasteiger partial charge >= 0.3 is 6.09 Å². The first-order chi connectivity index (χ1) is 9.30. The first-order valence-corrected chi connectivity index (χ1v) is 7.49. The fourth-order valence-corrected chi connectivity index (χ4v) is 3.94. The number of cyclic esters (lactones) is 1. The van der Waals surface area contributed by atoms with Crippen LogP contribution in [0.15, 0.2) is 12.2 Å². The van der Waals surface area contributed by atoms with E-state index in [1.165, 1.54) is 4.90 Å². The second-order valence-corrected chi connectivity index (χ2v) is 7.50. The third-order valence-electron chi connectivity index (χ3n) is 5.25. The zero-order valence-electron chi connectivity index (χ0n) is 12.6. The van der Waals surface area contributed by atoms with Crippen molar-refractivity contribution in [3.05, 3.63) is 12.2 Å². The predicted molar refractivity (Wildman–Crippen MR) is 74.8 cm³/mol. The molecule has 2 fully saturated rings. The quantitative estimate of drug-likeness (QED) is 0.692. The summed E-state index contributed by atoms with van der Waals surface area (Å²) >= 11 is 0. The van der Waals surface area contributed by atoms with Gasteiger partial charge in [0.25, 0.3) is 0 Å². The molecule has 2 amide bonds. The smallest absolute Gasteiger partial charge is 0.417 e. The summed E-state index contributed by atoms with van der Waals surface area (Å²) in [6.07, 6.45) is 4.97. The van der Waals surface area contributed by atoms with Crippen molar-refractivity contribution in [1.82, 2.24) is 4.90 Å². The highest BCUT2D eigenvalue weighted by atomic mass is 16.6. The third kappa shape index (κ3) is 1.88. The molecule has 1 saturated carbocycles. The summed E-state index contributed by atoms with van der Waals surface area (Å²) in [4.78, 5) is 26.3. The maximum atomic E-state index is 12.9. The largest absolute Gasteiger partial charge is 0.447 e. The fraction of sp³-hybridized carbons (Fsp3) is 0.750. The minimum Gasteiger partial charge on any atom is -0.447 e. The van der Waals surface area contributed by atoms with Crippen LogP contribution in [0.1, 0.15) is 34.1 Å². The summed E-state index contributed by atoms with van der Waals surface area (Å²) < 4.78 is 5.15. The lowest BCUT2D eigenvalue weighted by atomic mass is 9.81. The number of rotatable bonds is 1. The standard InChI is InChI=1S/C16H23NO3/c1-9-10-5-6-11(7-10)13(9)14(18)17-12(16(2,3)4)8-20-15(17)19/h5-6,9-13H,7-8H2,1-4H3/t9-,10+,11-,12+,13+/m0/s1. The second kappa shape index (κ2) is 4.34. The van der Waals surface area contributed by atoms with Gasteiger partial charge in [0.15, 0.2) is 0 Å². The summed E-state index contributed by atoms with van der Waals surface area (Å²) in [6.45, 7) is 8.58. The van der Waals surface area contributed by atoms with E-state index >= 15 is 0 Å². The average molecular weight is 277 g/mol. The molecule has 0 N–H and O–H groups in total. The number of hydrogen-bond acceptors (Lipinski definition) is 3. The number of nitrogens with zero attached hydrogens (tertiary/aromatic N) is 1. The zero-order valence-corrected chi connectivity index (χ0v) is 12.6. The Labute approximate surface area is 120 Å². The van der Waals surface area contributed by atoms with Crippen molar-refractivity contribution >= 4 is 12.0 Å². The fourth-order valence-electron chi connectivity index (χ4n) is 3.94. The number of allylic oxidation sites excluding steroid dienone is 2. The van der Waals surface area contributed by atoms with E-state index in [1.54, 1.807) is 0 Å². The molecule has 4 heteroatoms. The highest BCUT2D eigenvalue weighted by Crippen LogP contribution is 2.49. The van der Waals surface area contributed by atoms with Crippen molar-refractivity contribution in [1.29, 1.82) is 0 Å². The van der Waals surface area contributed by atoms with Crippen LogP contribution in [0.3, 0.4) is 0 Å². The van der Waals surface area contributed by atoms with Gasteiger partial charge in [-0.1, -0.05) is 39.8 Å². The Morgan fingerprint density at radius 2 is 1.95 bits per heavy atom. The van der Waals surface area contributed by atoms with Gasteiger partial charge in [0.05, 0.1) is 6.04 Å². The molecule has 0 aromatic carbocycles. The molecule has 110 valence electrons. The molecule has 3 rings (SSSR count). The molecule has 0 aromatic heterocycles. The van der Waals surface area contributed by atoms with Gasteiger partial charge in [-0.25, -0.2) is 9.69 Å². The maximum Gasteiger partial charge on any atom is 0.417 e. The molecule has 1 heterocycles. The van der Waals surface area contributed by atoms with Crippen molar-refractivity contribution in [2.75, 3.05) is 6.61 Å². The van der Waals surface area contributed by atoms with Gasteiger partial charge in [0.2, 0.25) is 5.91 Å². The van der Waals surface area contributed by atoms with E-state index in [4.69, 9.17) is 4.74 Å². The van der Waals surface area contributed by atoms with Crippen LogP contribution in [0.25, 0.3) is 0 Å². The second-order valence-electron chi connectivity index (χ2n) is 7.50. The van der Waals surface area contributed by atoms with E-state index in [2.05, 4.69) is 19.1 Å². The van der Waals surface area contributed by atoms with Crippen LogP contribution in [-0.2, 0) is 9.53 Å². The maximum absolute atomic E-state index is 12.9. The molecule has 1 aliphatic heterocycles. The monoisotopic (exact) mass is 277 g/mol. The summed E-state index contributed by atoms with van der Waals surface area (Å²) in [5.41, 5.74) is -0.154. The van der Waals surface area contributed by atoms with E-state index < -0.39 is 6.09 Å². The van der Waals surface area contributed by atoms with Crippen LogP contribution >= 0.6 is 0 Å². The molecule has 20 heavy (non-hydrogen) atoms. The molecule has 0 spiro atoms. The van der Waals surface area contributed by atoms with Crippen molar-refractivity contribution in [2.45, 2.75) is 40.2 Å². The highest BCUT2D eigenvalue weighted by Gasteiger charge is 2.52. The molecular formula is C16H23NO3. The van der Waals surface area contributed by atoms with E-state index in [9.17, 15) is 9.59 Å². The molecule has 4 nitrogen and oxygen atoms in total. The number of fused-ring (bicyclic) bond motifs is 2. The Hall–Kier alpha value is -1.32. The van der Waals surface area contributed by atoms with Crippen LogP contribution in [0.2, 0.25) is 0 Å². The first-order valence-electron chi connectivity index (χ1n) is 7.49. The number of amides is 2. The molecule has 3 aliphatic rings. The predicted octanol–water partition coefficient (Wildman–Crippen LogP) is 2.84. The van der Waals surface area contributed by atoms with Crippen LogP contribution in [-0.4, -0.2) is 29.5 Å². The Morgan fingerprint density at radius 1 is 1.30 bits per heavy atom. The Kier molecular flexibility index (Phi) is 2.96. The highest BCUT2D eigenvalue weighted by molar-refractivity contribution is 5.95. The van der Waals surface area contributed by atoms with Crippen LogP contribution < -0.4 is 0 Å². The third-order valence-corrected chi connectivity index (χ3v) is 5.25. The lowest BCUT2D eigenvalue weighted by Crippen LogP contribution is -2.49. The first kappa shape index (κ1) is 13.7. The van der Waals surface area contributed by atoms with Gasteiger partial charge in [-0.05, 0) is 29.6 Å². The lowest BCUT2D eigenvalue weighted by Gasteiger charge is -2.34. The number of carbonyl (C=O) groups is 2.